The van der Waals surface area contributed by atoms with Gasteiger partial charge >= 0.3 is 5.97 Å². The molecule has 0 amide bonds. The van der Waals surface area contributed by atoms with Gasteiger partial charge in [0, 0.05) is 17.7 Å². The Bertz CT molecular complexity index is 705. The highest BCUT2D eigenvalue weighted by Crippen LogP contribution is 2.15. The Labute approximate surface area is 121 Å². The first-order chi connectivity index (χ1) is 9.95. The van der Waals surface area contributed by atoms with Gasteiger partial charge in [0.25, 0.3) is 5.56 Å². The quantitative estimate of drug-likeness (QED) is 0.868. The van der Waals surface area contributed by atoms with Gasteiger partial charge in [0.2, 0.25) is 0 Å². The first-order valence-electron chi connectivity index (χ1n) is 6.45. The second kappa shape index (κ2) is 6.21. The molecule has 0 saturated carbocycles. The van der Waals surface area contributed by atoms with Crippen molar-refractivity contribution in [3.63, 3.8) is 0 Å². The van der Waals surface area contributed by atoms with Gasteiger partial charge in [-0.05, 0) is 31.5 Å². The molecule has 2 rings (SSSR count). The first-order valence-corrected chi connectivity index (χ1v) is 6.45. The third-order valence-electron chi connectivity index (χ3n) is 3.01. The van der Waals surface area contributed by atoms with Gasteiger partial charge in [-0.2, -0.15) is 0 Å². The maximum atomic E-state index is 11.9. The monoisotopic (exact) mass is 288 g/mol. The molecule has 0 spiro atoms. The molecule has 1 aromatic carbocycles. The number of ether oxygens (including phenoxy) is 1. The van der Waals surface area contributed by atoms with E-state index in [1.165, 1.54) is 0 Å². The number of aliphatic carboxylic acids is 1. The van der Waals surface area contributed by atoms with Crippen molar-refractivity contribution in [1.82, 2.24) is 9.97 Å². The number of hydrogen-bond acceptors (Lipinski definition) is 4. The van der Waals surface area contributed by atoms with Crippen molar-refractivity contribution in [3.05, 3.63) is 57.3 Å². The van der Waals surface area contributed by atoms with Crippen LogP contribution in [-0.2, 0) is 11.2 Å². The Balaban J connectivity index is 2.14. The Morgan fingerprint density at radius 2 is 1.95 bits per heavy atom. The highest BCUT2D eigenvalue weighted by Gasteiger charge is 2.08. The molecular weight excluding hydrogens is 272 g/mol. The second-order valence-corrected chi connectivity index (χ2v) is 4.72. The van der Waals surface area contributed by atoms with Gasteiger partial charge < -0.3 is 14.8 Å². The largest absolute Gasteiger partial charge is 0.482 e. The van der Waals surface area contributed by atoms with E-state index < -0.39 is 5.97 Å². The van der Waals surface area contributed by atoms with E-state index >= 15 is 0 Å². The van der Waals surface area contributed by atoms with Crippen LogP contribution in [0.3, 0.4) is 0 Å². The second-order valence-electron chi connectivity index (χ2n) is 4.72. The molecule has 0 unspecified atom stereocenters. The fourth-order valence-corrected chi connectivity index (χ4v) is 2.01. The van der Waals surface area contributed by atoms with Crippen LogP contribution in [0, 0.1) is 13.8 Å². The zero-order valence-corrected chi connectivity index (χ0v) is 11.8. The number of carboxylic acid groups (broad SMARTS) is 1. The van der Waals surface area contributed by atoms with E-state index in [-0.39, 0.29) is 12.2 Å². The fourth-order valence-electron chi connectivity index (χ4n) is 2.01. The maximum Gasteiger partial charge on any atom is 0.341 e. The van der Waals surface area contributed by atoms with Crippen LogP contribution in [0.1, 0.15) is 22.6 Å². The molecule has 0 aliphatic rings. The Morgan fingerprint density at radius 3 is 2.52 bits per heavy atom. The summed E-state index contributed by atoms with van der Waals surface area (Å²) in [7, 11) is 0. The smallest absolute Gasteiger partial charge is 0.341 e. The van der Waals surface area contributed by atoms with Crippen LogP contribution >= 0.6 is 0 Å². The molecule has 0 aliphatic heterocycles. The average Bonchev–Trinajstić information content (AvgIpc) is 2.41. The molecule has 0 atom stereocenters. The van der Waals surface area contributed by atoms with E-state index in [0.29, 0.717) is 29.3 Å². The molecule has 0 saturated heterocycles. The number of nitrogens with one attached hydrogen (secondary N) is 1. The fraction of sp³-hybridized carbons (Fsp3) is 0.267. The topological polar surface area (TPSA) is 92.3 Å². The minimum Gasteiger partial charge on any atom is -0.482 e. The van der Waals surface area contributed by atoms with Crippen molar-refractivity contribution < 1.29 is 14.6 Å². The highest BCUT2D eigenvalue weighted by atomic mass is 16.5. The van der Waals surface area contributed by atoms with Gasteiger partial charge in [0.05, 0.1) is 0 Å². The summed E-state index contributed by atoms with van der Waals surface area (Å²) in [6.45, 7) is 3.18. The Morgan fingerprint density at radius 1 is 1.29 bits per heavy atom. The van der Waals surface area contributed by atoms with Crippen LogP contribution in [0.25, 0.3) is 0 Å². The lowest BCUT2D eigenvalue weighted by molar-refractivity contribution is -0.139. The van der Waals surface area contributed by atoms with E-state index in [1.54, 1.807) is 31.2 Å². The number of carbonyl (C=O) groups is 1. The van der Waals surface area contributed by atoms with Gasteiger partial charge in [-0.1, -0.05) is 12.1 Å². The Kier molecular flexibility index (Phi) is 4.37. The van der Waals surface area contributed by atoms with Gasteiger partial charge in [-0.3, -0.25) is 4.79 Å². The van der Waals surface area contributed by atoms with E-state index in [0.717, 1.165) is 5.56 Å². The van der Waals surface area contributed by atoms with E-state index in [2.05, 4.69) is 9.97 Å². The minimum absolute atomic E-state index is 0.133. The predicted molar refractivity (Wildman–Crippen MR) is 76.7 cm³/mol. The van der Waals surface area contributed by atoms with Crippen molar-refractivity contribution in [2.75, 3.05) is 6.61 Å². The number of carboxylic acids is 1. The number of aryl methyl sites for hydroxylation is 2. The van der Waals surface area contributed by atoms with Crippen molar-refractivity contribution in [3.8, 4) is 5.75 Å². The van der Waals surface area contributed by atoms with Gasteiger partial charge in [0.1, 0.15) is 11.6 Å². The average molecular weight is 288 g/mol. The minimum atomic E-state index is -1.02. The van der Waals surface area contributed by atoms with Crippen molar-refractivity contribution in [1.29, 1.82) is 0 Å². The van der Waals surface area contributed by atoms with Crippen LogP contribution in [-0.4, -0.2) is 27.7 Å². The maximum absolute atomic E-state index is 11.9. The number of aromatic nitrogens is 2. The summed E-state index contributed by atoms with van der Waals surface area (Å²) < 4.78 is 5.06. The van der Waals surface area contributed by atoms with Crippen LogP contribution in [0.5, 0.6) is 5.75 Å². The molecule has 0 radical (unpaired) electrons. The summed E-state index contributed by atoms with van der Waals surface area (Å²) in [6.07, 6.45) is 0.466. The third-order valence-corrected chi connectivity index (χ3v) is 3.01. The molecule has 0 aliphatic carbocycles. The number of hydrogen-bond donors (Lipinski definition) is 2. The lowest BCUT2D eigenvalue weighted by Crippen LogP contribution is -2.18. The van der Waals surface area contributed by atoms with Crippen LogP contribution < -0.4 is 10.3 Å². The first kappa shape index (κ1) is 14.8. The molecule has 0 bridgehead atoms. The highest BCUT2D eigenvalue weighted by molar-refractivity contribution is 5.68. The van der Waals surface area contributed by atoms with Crippen molar-refractivity contribution in [2.45, 2.75) is 20.3 Å². The number of aromatic amines is 1. The molecular formula is C15H16N2O4. The summed E-state index contributed by atoms with van der Waals surface area (Å²) in [5.74, 6) is 0.0550. The van der Waals surface area contributed by atoms with Crippen LogP contribution in [0.2, 0.25) is 0 Å². The van der Waals surface area contributed by atoms with Crippen LogP contribution in [0.4, 0.5) is 0 Å². The van der Waals surface area contributed by atoms with E-state index in [9.17, 15) is 9.59 Å². The summed E-state index contributed by atoms with van der Waals surface area (Å²) >= 11 is 0. The van der Waals surface area contributed by atoms with Gasteiger partial charge in [-0.15, -0.1) is 0 Å². The molecule has 21 heavy (non-hydrogen) atoms. The number of rotatable bonds is 5. The summed E-state index contributed by atoms with van der Waals surface area (Å²) in [5.41, 5.74) is 2.13. The zero-order valence-electron chi connectivity index (χ0n) is 11.8. The third kappa shape index (κ3) is 3.92. The molecule has 110 valence electrons. The number of nitrogens with zero attached hydrogens (tertiary/aromatic N) is 1. The van der Waals surface area contributed by atoms with Crippen molar-refractivity contribution in [2.24, 2.45) is 0 Å². The Hall–Kier alpha value is -2.63. The van der Waals surface area contributed by atoms with E-state index in [4.69, 9.17) is 9.84 Å². The number of benzene rings is 1. The van der Waals surface area contributed by atoms with Gasteiger partial charge in [-0.25, -0.2) is 9.78 Å². The van der Waals surface area contributed by atoms with Gasteiger partial charge in [0.15, 0.2) is 6.61 Å². The molecule has 6 nitrogen and oxygen atoms in total. The summed E-state index contributed by atoms with van der Waals surface area (Å²) in [6, 6.07) is 6.97. The molecule has 1 heterocycles. The normalized spacial score (nSPS) is 10.4. The summed E-state index contributed by atoms with van der Waals surface area (Å²) in [4.78, 5) is 29.3. The predicted octanol–water partition coefficient (Wildman–Crippen LogP) is 1.44. The molecule has 0 fully saturated rings. The summed E-state index contributed by atoms with van der Waals surface area (Å²) in [5, 5.41) is 8.54. The van der Waals surface area contributed by atoms with Crippen molar-refractivity contribution >= 4 is 5.97 Å². The molecule has 2 aromatic rings. The standard InChI is InChI=1S/C15H16N2O4/c1-9-13(15(20)17-10(2)16-9)7-11-3-5-12(6-4-11)21-8-14(18)19/h3-6H,7-8H2,1-2H3,(H,18,19)(H,16,17,20). The molecule has 1 aromatic heterocycles. The number of H-pyrrole nitrogens is 1. The zero-order chi connectivity index (χ0) is 15.4. The SMILES string of the molecule is Cc1nc(C)c(Cc2ccc(OCC(=O)O)cc2)c(=O)[nH]1. The lowest BCUT2D eigenvalue weighted by atomic mass is 10.0. The lowest BCUT2D eigenvalue weighted by Gasteiger charge is -2.07. The molecule has 2 N–H and O–H groups in total. The van der Waals surface area contributed by atoms with Crippen LogP contribution in [0.15, 0.2) is 29.1 Å². The van der Waals surface area contributed by atoms with E-state index in [1.807, 2.05) is 6.92 Å². The molecule has 6 heteroatoms.